The first-order valence-corrected chi connectivity index (χ1v) is 10.5. The average Bonchev–Trinajstić information content (AvgIpc) is 2.71. The minimum absolute atomic E-state index is 0.0154. The highest BCUT2D eigenvalue weighted by Gasteiger charge is 2.29. The summed E-state index contributed by atoms with van der Waals surface area (Å²) in [7, 11) is 2.04. The third kappa shape index (κ3) is 7.49. The molecule has 7 heteroatoms. The number of rotatable bonds is 10. The van der Waals surface area contributed by atoms with Gasteiger partial charge < -0.3 is 20.9 Å². The van der Waals surface area contributed by atoms with Gasteiger partial charge in [0, 0.05) is 32.6 Å². The third-order valence-electron chi connectivity index (χ3n) is 5.48. The first-order chi connectivity index (χ1) is 13.9. The zero-order valence-electron chi connectivity index (χ0n) is 17.6. The second-order valence-electron chi connectivity index (χ2n) is 7.88. The molecule has 0 radical (unpaired) electrons. The Labute approximate surface area is 173 Å². The molecule has 1 saturated heterocycles. The van der Waals surface area contributed by atoms with Gasteiger partial charge in [-0.1, -0.05) is 50.1 Å². The SMILES string of the molecule is CCCCC(NC(=O)C(CC(=O)N1CCN(C)CC1)Cc1ccccc1)C(N)=O. The molecule has 0 aliphatic carbocycles. The van der Waals surface area contributed by atoms with Gasteiger partial charge in [-0.25, -0.2) is 0 Å². The van der Waals surface area contributed by atoms with Crippen LogP contribution in [0.3, 0.4) is 0 Å². The maximum absolute atomic E-state index is 13.0. The molecular formula is C22H34N4O3. The van der Waals surface area contributed by atoms with Gasteiger partial charge in [0.25, 0.3) is 0 Å². The van der Waals surface area contributed by atoms with E-state index in [2.05, 4.69) is 10.2 Å². The Hall–Kier alpha value is -2.41. The van der Waals surface area contributed by atoms with Gasteiger partial charge in [-0.15, -0.1) is 0 Å². The maximum atomic E-state index is 13.0. The van der Waals surface area contributed by atoms with Crippen molar-refractivity contribution in [3.8, 4) is 0 Å². The molecule has 1 heterocycles. The van der Waals surface area contributed by atoms with Crippen molar-refractivity contribution < 1.29 is 14.4 Å². The minimum Gasteiger partial charge on any atom is -0.368 e. The Balaban J connectivity index is 2.07. The van der Waals surface area contributed by atoms with E-state index in [0.29, 0.717) is 25.9 Å². The fourth-order valence-corrected chi connectivity index (χ4v) is 3.54. The number of likely N-dealkylation sites (N-methyl/N-ethyl adjacent to an activating group) is 1. The second-order valence-corrected chi connectivity index (χ2v) is 7.88. The van der Waals surface area contributed by atoms with Crippen LogP contribution in [0.5, 0.6) is 0 Å². The van der Waals surface area contributed by atoms with Crippen LogP contribution >= 0.6 is 0 Å². The first kappa shape index (κ1) is 22.9. The molecule has 2 rings (SSSR count). The van der Waals surface area contributed by atoms with Gasteiger partial charge in [0.05, 0.1) is 5.92 Å². The molecule has 2 atom stereocenters. The number of nitrogens with zero attached hydrogens (tertiary/aromatic N) is 2. The number of hydrogen-bond acceptors (Lipinski definition) is 4. The van der Waals surface area contributed by atoms with Crippen LogP contribution in [0.2, 0.25) is 0 Å². The van der Waals surface area contributed by atoms with Crippen molar-refractivity contribution in [1.82, 2.24) is 15.1 Å². The van der Waals surface area contributed by atoms with Crippen LogP contribution < -0.4 is 11.1 Å². The predicted octanol–water partition coefficient (Wildman–Crippen LogP) is 1.17. The number of carbonyl (C=O) groups excluding carboxylic acids is 3. The summed E-state index contributed by atoms with van der Waals surface area (Å²) in [4.78, 5) is 41.6. The lowest BCUT2D eigenvalue weighted by atomic mass is 9.93. The number of hydrogen-bond donors (Lipinski definition) is 2. The van der Waals surface area contributed by atoms with Gasteiger partial charge in [-0.2, -0.15) is 0 Å². The summed E-state index contributed by atoms with van der Waals surface area (Å²) in [6.07, 6.45) is 2.81. The topological polar surface area (TPSA) is 95.7 Å². The number of unbranched alkanes of at least 4 members (excludes halogenated alkanes) is 1. The summed E-state index contributed by atoms with van der Waals surface area (Å²) in [5.41, 5.74) is 6.47. The second kappa shape index (κ2) is 11.6. The molecule has 29 heavy (non-hydrogen) atoms. The zero-order valence-corrected chi connectivity index (χ0v) is 17.6. The van der Waals surface area contributed by atoms with Gasteiger partial charge in [0.15, 0.2) is 0 Å². The zero-order chi connectivity index (χ0) is 21.2. The van der Waals surface area contributed by atoms with E-state index < -0.39 is 17.9 Å². The van der Waals surface area contributed by atoms with Gasteiger partial charge in [0.2, 0.25) is 17.7 Å². The Morgan fingerprint density at radius 1 is 1.10 bits per heavy atom. The number of piperazine rings is 1. The number of nitrogens with one attached hydrogen (secondary N) is 1. The van der Waals surface area contributed by atoms with Crippen molar-refractivity contribution in [2.24, 2.45) is 11.7 Å². The van der Waals surface area contributed by atoms with Gasteiger partial charge in [-0.3, -0.25) is 14.4 Å². The van der Waals surface area contributed by atoms with E-state index >= 15 is 0 Å². The minimum atomic E-state index is -0.695. The fraction of sp³-hybridized carbons (Fsp3) is 0.591. The maximum Gasteiger partial charge on any atom is 0.239 e. The number of primary amides is 1. The van der Waals surface area contributed by atoms with Crippen molar-refractivity contribution in [3.05, 3.63) is 35.9 Å². The van der Waals surface area contributed by atoms with Crippen LogP contribution in [-0.2, 0) is 20.8 Å². The van der Waals surface area contributed by atoms with Gasteiger partial charge in [-0.05, 0) is 25.5 Å². The highest BCUT2D eigenvalue weighted by atomic mass is 16.2. The van der Waals surface area contributed by atoms with E-state index in [9.17, 15) is 14.4 Å². The Bertz CT molecular complexity index is 672. The summed E-state index contributed by atoms with van der Waals surface area (Å²) < 4.78 is 0. The van der Waals surface area contributed by atoms with E-state index in [0.717, 1.165) is 31.5 Å². The lowest BCUT2D eigenvalue weighted by molar-refractivity contribution is -0.138. The summed E-state index contributed by atoms with van der Waals surface area (Å²) in [5, 5.41) is 2.79. The molecule has 0 bridgehead atoms. The summed E-state index contributed by atoms with van der Waals surface area (Å²) in [6, 6.07) is 8.95. The van der Waals surface area contributed by atoms with Crippen molar-refractivity contribution in [2.75, 3.05) is 33.2 Å². The molecule has 0 aromatic heterocycles. The number of nitrogens with two attached hydrogens (primary N) is 1. The molecule has 1 aliphatic heterocycles. The largest absolute Gasteiger partial charge is 0.368 e. The first-order valence-electron chi connectivity index (χ1n) is 10.5. The molecule has 2 unspecified atom stereocenters. The third-order valence-corrected chi connectivity index (χ3v) is 5.48. The molecule has 160 valence electrons. The standard InChI is InChI=1S/C22H34N4O3/c1-3-4-10-19(21(23)28)24-22(29)18(15-17-8-6-5-7-9-17)16-20(27)26-13-11-25(2)12-14-26/h5-9,18-19H,3-4,10-16H2,1-2H3,(H2,23,28)(H,24,29). The molecular weight excluding hydrogens is 368 g/mol. The lowest BCUT2D eigenvalue weighted by Crippen LogP contribution is -2.50. The number of benzene rings is 1. The van der Waals surface area contributed by atoms with Crippen LogP contribution in [-0.4, -0.2) is 66.8 Å². The van der Waals surface area contributed by atoms with Crippen LogP contribution in [0.25, 0.3) is 0 Å². The van der Waals surface area contributed by atoms with Crippen molar-refractivity contribution in [1.29, 1.82) is 0 Å². The van der Waals surface area contributed by atoms with E-state index in [1.165, 1.54) is 0 Å². The normalized spacial score (nSPS) is 16.8. The van der Waals surface area contributed by atoms with Crippen LogP contribution in [0.1, 0.15) is 38.2 Å². The summed E-state index contributed by atoms with van der Waals surface area (Å²) >= 11 is 0. The molecule has 3 amide bonds. The highest BCUT2D eigenvalue weighted by Crippen LogP contribution is 2.16. The van der Waals surface area contributed by atoms with Crippen molar-refractivity contribution >= 4 is 17.7 Å². The predicted molar refractivity (Wildman–Crippen MR) is 113 cm³/mol. The van der Waals surface area contributed by atoms with Gasteiger partial charge in [0.1, 0.15) is 6.04 Å². The van der Waals surface area contributed by atoms with E-state index in [1.54, 1.807) is 0 Å². The number of amides is 3. The Morgan fingerprint density at radius 2 is 1.76 bits per heavy atom. The summed E-state index contributed by atoms with van der Waals surface area (Å²) in [6.45, 7) is 5.04. The van der Waals surface area contributed by atoms with Crippen LogP contribution in [0.4, 0.5) is 0 Å². The molecule has 1 aliphatic rings. The monoisotopic (exact) mass is 402 g/mol. The van der Waals surface area contributed by atoms with Gasteiger partial charge >= 0.3 is 0 Å². The van der Waals surface area contributed by atoms with E-state index in [4.69, 9.17) is 5.73 Å². The molecule has 0 spiro atoms. The van der Waals surface area contributed by atoms with E-state index in [1.807, 2.05) is 49.2 Å². The van der Waals surface area contributed by atoms with Crippen LogP contribution in [0, 0.1) is 5.92 Å². The fourth-order valence-electron chi connectivity index (χ4n) is 3.54. The molecule has 3 N–H and O–H groups in total. The van der Waals surface area contributed by atoms with E-state index in [-0.39, 0.29) is 18.2 Å². The molecule has 1 aromatic carbocycles. The average molecular weight is 403 g/mol. The molecule has 1 fully saturated rings. The number of carbonyl (C=O) groups is 3. The molecule has 1 aromatic rings. The smallest absolute Gasteiger partial charge is 0.239 e. The molecule has 7 nitrogen and oxygen atoms in total. The Morgan fingerprint density at radius 3 is 2.34 bits per heavy atom. The summed E-state index contributed by atoms with van der Waals surface area (Å²) in [5.74, 6) is -1.36. The van der Waals surface area contributed by atoms with Crippen molar-refractivity contribution in [2.45, 2.75) is 45.1 Å². The highest BCUT2D eigenvalue weighted by molar-refractivity contribution is 5.90. The quantitative estimate of drug-likeness (QED) is 0.614. The molecule has 0 saturated carbocycles. The Kier molecular flexibility index (Phi) is 9.12. The van der Waals surface area contributed by atoms with Crippen molar-refractivity contribution in [3.63, 3.8) is 0 Å². The van der Waals surface area contributed by atoms with Crippen LogP contribution in [0.15, 0.2) is 30.3 Å². The lowest BCUT2D eigenvalue weighted by Gasteiger charge is -2.33.